The second kappa shape index (κ2) is 6.06. The fraction of sp³-hybridized carbons (Fsp3) is 0.278. The summed E-state index contributed by atoms with van der Waals surface area (Å²) in [7, 11) is -3.55. The van der Waals surface area contributed by atoms with E-state index in [0.717, 1.165) is 17.7 Å². The van der Waals surface area contributed by atoms with Gasteiger partial charge in [0.2, 0.25) is 16.8 Å². The smallest absolute Gasteiger partial charge is 0.243 e. The van der Waals surface area contributed by atoms with Crippen LogP contribution >= 0.6 is 0 Å². The normalized spacial score (nSPS) is 19.7. The Morgan fingerprint density at radius 2 is 1.84 bits per heavy atom. The number of nitriles is 1. The Morgan fingerprint density at radius 1 is 1.08 bits per heavy atom. The van der Waals surface area contributed by atoms with Gasteiger partial charge in [0.15, 0.2) is 11.5 Å². The van der Waals surface area contributed by atoms with Gasteiger partial charge in [-0.05, 0) is 54.3 Å². The van der Waals surface area contributed by atoms with Crippen LogP contribution in [0, 0.1) is 11.3 Å². The fourth-order valence-electron chi connectivity index (χ4n) is 3.24. The van der Waals surface area contributed by atoms with Gasteiger partial charge in [0.1, 0.15) is 0 Å². The van der Waals surface area contributed by atoms with E-state index in [2.05, 4.69) is 0 Å². The molecule has 2 aromatic carbocycles. The molecule has 7 heteroatoms. The molecule has 6 nitrogen and oxygen atoms in total. The average molecular weight is 356 g/mol. The molecule has 0 aromatic heterocycles. The first-order valence-electron chi connectivity index (χ1n) is 7.98. The quantitative estimate of drug-likeness (QED) is 0.844. The largest absolute Gasteiger partial charge is 0.454 e. The second-order valence-electron chi connectivity index (χ2n) is 6.10. The van der Waals surface area contributed by atoms with Crippen molar-refractivity contribution in [2.24, 2.45) is 0 Å². The van der Waals surface area contributed by atoms with Gasteiger partial charge in [-0.25, -0.2) is 8.42 Å². The van der Waals surface area contributed by atoms with E-state index in [9.17, 15) is 8.42 Å². The summed E-state index contributed by atoms with van der Waals surface area (Å²) in [6.45, 7) is 1.13. The standard InChI is InChI=1S/C18H16N2O4S/c19-10-13-1-4-16(5-2-13)25(21,22)20-8-7-15(11-20)14-3-6-17-18(9-14)24-12-23-17/h1-6,9,15H,7-8,11-12H2/t15-/m0/s1. The second-order valence-corrected chi connectivity index (χ2v) is 8.04. The van der Waals surface area contributed by atoms with Crippen LogP contribution in [0.5, 0.6) is 11.5 Å². The van der Waals surface area contributed by atoms with Crippen LogP contribution in [0.4, 0.5) is 0 Å². The Hall–Kier alpha value is -2.56. The maximum Gasteiger partial charge on any atom is 0.243 e. The van der Waals surface area contributed by atoms with Crippen molar-refractivity contribution in [2.45, 2.75) is 17.2 Å². The maximum absolute atomic E-state index is 12.8. The van der Waals surface area contributed by atoms with E-state index < -0.39 is 10.0 Å². The molecule has 2 aromatic rings. The first-order valence-corrected chi connectivity index (χ1v) is 9.42. The Bertz CT molecular complexity index is 948. The van der Waals surface area contributed by atoms with Crippen LogP contribution in [0.25, 0.3) is 0 Å². The number of rotatable bonds is 3. The van der Waals surface area contributed by atoms with Gasteiger partial charge in [-0.3, -0.25) is 0 Å². The van der Waals surface area contributed by atoms with Gasteiger partial charge < -0.3 is 9.47 Å². The first kappa shape index (κ1) is 15.9. The minimum atomic E-state index is -3.55. The zero-order valence-corrected chi connectivity index (χ0v) is 14.2. The van der Waals surface area contributed by atoms with Crippen LogP contribution in [0.1, 0.15) is 23.5 Å². The molecule has 0 aliphatic carbocycles. The lowest BCUT2D eigenvalue weighted by molar-refractivity contribution is 0.174. The molecule has 0 unspecified atom stereocenters. The highest BCUT2D eigenvalue weighted by Crippen LogP contribution is 2.38. The molecule has 128 valence electrons. The highest BCUT2D eigenvalue weighted by atomic mass is 32.2. The topological polar surface area (TPSA) is 79.6 Å². The predicted molar refractivity (Wildman–Crippen MR) is 89.8 cm³/mol. The number of ether oxygens (including phenoxy) is 2. The predicted octanol–water partition coefficient (Wildman–Crippen LogP) is 2.47. The van der Waals surface area contributed by atoms with E-state index >= 15 is 0 Å². The number of hydrogen-bond acceptors (Lipinski definition) is 5. The van der Waals surface area contributed by atoms with Gasteiger partial charge >= 0.3 is 0 Å². The maximum atomic E-state index is 12.8. The van der Waals surface area contributed by atoms with E-state index in [0.29, 0.717) is 24.4 Å². The monoisotopic (exact) mass is 356 g/mol. The van der Waals surface area contributed by atoms with Crippen molar-refractivity contribution in [3.8, 4) is 17.6 Å². The van der Waals surface area contributed by atoms with Crippen LogP contribution in [-0.2, 0) is 10.0 Å². The van der Waals surface area contributed by atoms with Crippen molar-refractivity contribution in [3.63, 3.8) is 0 Å². The molecule has 0 saturated carbocycles. The molecule has 0 spiro atoms. The zero-order valence-electron chi connectivity index (χ0n) is 13.4. The Balaban J connectivity index is 1.54. The molecule has 0 bridgehead atoms. The third-order valence-corrected chi connectivity index (χ3v) is 6.52. The molecule has 4 rings (SSSR count). The molecule has 1 fully saturated rings. The zero-order chi connectivity index (χ0) is 17.4. The summed E-state index contributed by atoms with van der Waals surface area (Å²) >= 11 is 0. The van der Waals surface area contributed by atoms with Crippen LogP contribution in [0.15, 0.2) is 47.4 Å². The van der Waals surface area contributed by atoms with E-state index in [1.807, 2.05) is 24.3 Å². The van der Waals surface area contributed by atoms with Crippen LogP contribution in [0.2, 0.25) is 0 Å². The molecule has 0 N–H and O–H groups in total. The summed E-state index contributed by atoms with van der Waals surface area (Å²) < 4.78 is 37.8. The lowest BCUT2D eigenvalue weighted by atomic mass is 9.98. The number of fused-ring (bicyclic) bond motifs is 1. The van der Waals surface area contributed by atoms with Gasteiger partial charge in [0.25, 0.3) is 0 Å². The third kappa shape index (κ3) is 2.84. The molecule has 0 radical (unpaired) electrons. The SMILES string of the molecule is N#Cc1ccc(S(=O)(=O)N2CC[C@H](c3ccc4c(c3)OCO4)C2)cc1. The van der Waals surface area contributed by atoms with Crippen molar-refractivity contribution in [1.82, 2.24) is 4.31 Å². The molecule has 2 heterocycles. The minimum Gasteiger partial charge on any atom is -0.454 e. The molecular weight excluding hydrogens is 340 g/mol. The number of nitrogens with zero attached hydrogens (tertiary/aromatic N) is 2. The van der Waals surface area contributed by atoms with Crippen molar-refractivity contribution in [3.05, 3.63) is 53.6 Å². The molecule has 2 aliphatic rings. The highest BCUT2D eigenvalue weighted by molar-refractivity contribution is 7.89. The molecule has 25 heavy (non-hydrogen) atoms. The van der Waals surface area contributed by atoms with Gasteiger partial charge in [0, 0.05) is 13.1 Å². The van der Waals surface area contributed by atoms with Crippen molar-refractivity contribution >= 4 is 10.0 Å². The van der Waals surface area contributed by atoms with Gasteiger partial charge in [-0.15, -0.1) is 0 Å². The summed E-state index contributed by atoms with van der Waals surface area (Å²) in [6.07, 6.45) is 0.759. The van der Waals surface area contributed by atoms with Crippen LogP contribution in [0.3, 0.4) is 0 Å². The van der Waals surface area contributed by atoms with Gasteiger partial charge in [-0.1, -0.05) is 6.07 Å². The Morgan fingerprint density at radius 3 is 2.60 bits per heavy atom. The summed E-state index contributed by atoms with van der Waals surface area (Å²) in [5, 5.41) is 8.84. The van der Waals surface area contributed by atoms with Crippen LogP contribution in [-0.4, -0.2) is 32.6 Å². The Kier molecular flexibility index (Phi) is 3.86. The first-order chi connectivity index (χ1) is 12.1. The highest BCUT2D eigenvalue weighted by Gasteiger charge is 2.33. The molecule has 0 amide bonds. The Labute approximate surface area is 146 Å². The molecule has 2 aliphatic heterocycles. The molecular formula is C18H16N2O4S. The average Bonchev–Trinajstić information content (AvgIpc) is 3.30. The summed E-state index contributed by atoms with van der Waals surface area (Å²) in [5.74, 6) is 1.57. The number of benzene rings is 2. The van der Waals surface area contributed by atoms with E-state index in [4.69, 9.17) is 14.7 Å². The lowest BCUT2D eigenvalue weighted by Crippen LogP contribution is -2.28. The van der Waals surface area contributed by atoms with Crippen molar-refractivity contribution in [1.29, 1.82) is 5.26 Å². The number of hydrogen-bond donors (Lipinski definition) is 0. The summed E-state index contributed by atoms with van der Waals surface area (Å²) in [5.41, 5.74) is 1.50. The number of sulfonamides is 1. The molecule has 1 atom stereocenters. The van der Waals surface area contributed by atoms with Crippen LogP contribution < -0.4 is 9.47 Å². The molecule has 1 saturated heterocycles. The van der Waals surface area contributed by atoms with E-state index in [1.54, 1.807) is 0 Å². The van der Waals surface area contributed by atoms with E-state index in [-0.39, 0.29) is 17.6 Å². The minimum absolute atomic E-state index is 0.127. The summed E-state index contributed by atoms with van der Waals surface area (Å²) in [4.78, 5) is 0.220. The van der Waals surface area contributed by atoms with Gasteiger partial charge in [-0.2, -0.15) is 9.57 Å². The van der Waals surface area contributed by atoms with Crippen molar-refractivity contribution in [2.75, 3.05) is 19.9 Å². The van der Waals surface area contributed by atoms with E-state index in [1.165, 1.54) is 28.6 Å². The van der Waals surface area contributed by atoms with Crippen molar-refractivity contribution < 1.29 is 17.9 Å². The lowest BCUT2D eigenvalue weighted by Gasteiger charge is -2.17. The summed E-state index contributed by atoms with van der Waals surface area (Å²) in [6, 6.07) is 13.8. The fourth-order valence-corrected chi connectivity index (χ4v) is 4.74. The van der Waals surface area contributed by atoms with Gasteiger partial charge in [0.05, 0.1) is 16.5 Å². The third-order valence-electron chi connectivity index (χ3n) is 4.64.